The number of alkyl halides is 1. The van der Waals surface area contributed by atoms with Gasteiger partial charge in [0.15, 0.2) is 0 Å². The molecule has 0 unspecified atom stereocenters. The number of hydrogen-bond acceptors (Lipinski definition) is 3. The molecular formula is C19H21ClN2O2. The lowest BCUT2D eigenvalue weighted by atomic mass is 10.00. The third-order valence-corrected chi connectivity index (χ3v) is 4.27. The van der Waals surface area contributed by atoms with E-state index >= 15 is 0 Å². The minimum Gasteiger partial charge on any atom is -0.356 e. The lowest BCUT2D eigenvalue weighted by Crippen LogP contribution is -2.55. The predicted molar refractivity (Wildman–Crippen MR) is 94.6 cm³/mol. The van der Waals surface area contributed by atoms with Crippen molar-refractivity contribution >= 4 is 17.5 Å². The number of hydrogen-bond donors (Lipinski definition) is 1. The number of benzene rings is 2. The molecule has 24 heavy (non-hydrogen) atoms. The van der Waals surface area contributed by atoms with E-state index < -0.39 is 0 Å². The Hall–Kier alpha value is -1.88. The third-order valence-electron chi connectivity index (χ3n) is 4.11. The van der Waals surface area contributed by atoms with Crippen LogP contribution in [0.3, 0.4) is 0 Å². The fraction of sp³-hybridized carbons (Fsp3) is 0.316. The van der Waals surface area contributed by atoms with Crippen molar-refractivity contribution in [3.63, 3.8) is 0 Å². The molecule has 0 bridgehead atoms. The van der Waals surface area contributed by atoms with E-state index in [1.807, 2.05) is 48.5 Å². The first-order valence-electron chi connectivity index (χ1n) is 8.17. The van der Waals surface area contributed by atoms with Crippen molar-refractivity contribution in [1.29, 1.82) is 0 Å². The summed E-state index contributed by atoms with van der Waals surface area (Å²) >= 11 is 5.74. The maximum atomic E-state index is 12.9. The molecule has 3 rings (SSSR count). The standard InChI is InChI=1S/C19H21ClN2O2/c20-13-14-24-18-12-11-17(15-7-3-1-4-8-15)21-22(18)19(23)16-9-5-2-6-10-16/h1-10,17-18,21H,11-14H2/t17-,18+/m0/s1. The van der Waals surface area contributed by atoms with Crippen LogP contribution in [-0.2, 0) is 4.74 Å². The van der Waals surface area contributed by atoms with E-state index in [1.165, 1.54) is 5.56 Å². The first kappa shape index (κ1) is 17.0. The summed E-state index contributed by atoms with van der Waals surface area (Å²) in [6.07, 6.45) is 1.36. The zero-order valence-corrected chi connectivity index (χ0v) is 14.2. The molecule has 1 amide bonds. The molecular weight excluding hydrogens is 324 g/mol. The van der Waals surface area contributed by atoms with Gasteiger partial charge in [0.25, 0.3) is 5.91 Å². The van der Waals surface area contributed by atoms with Crippen molar-refractivity contribution in [2.75, 3.05) is 12.5 Å². The number of amides is 1. The van der Waals surface area contributed by atoms with Crippen molar-refractivity contribution in [1.82, 2.24) is 10.4 Å². The van der Waals surface area contributed by atoms with Crippen LogP contribution in [0.25, 0.3) is 0 Å². The zero-order chi connectivity index (χ0) is 16.8. The van der Waals surface area contributed by atoms with Crippen molar-refractivity contribution in [3.05, 3.63) is 71.8 Å². The monoisotopic (exact) mass is 344 g/mol. The maximum Gasteiger partial charge on any atom is 0.270 e. The Morgan fingerprint density at radius 2 is 1.75 bits per heavy atom. The molecule has 2 atom stereocenters. The number of carbonyl (C=O) groups excluding carboxylic acids is 1. The number of ether oxygens (including phenoxy) is 1. The first-order chi connectivity index (χ1) is 11.8. The summed E-state index contributed by atoms with van der Waals surface area (Å²) in [4.78, 5) is 12.9. The van der Waals surface area contributed by atoms with Gasteiger partial charge in [0, 0.05) is 11.4 Å². The summed E-state index contributed by atoms with van der Waals surface area (Å²) in [5, 5.41) is 1.61. The second kappa shape index (κ2) is 8.29. The topological polar surface area (TPSA) is 41.6 Å². The number of nitrogens with one attached hydrogen (secondary N) is 1. The van der Waals surface area contributed by atoms with Gasteiger partial charge >= 0.3 is 0 Å². The number of hydrazine groups is 1. The molecule has 0 radical (unpaired) electrons. The van der Waals surface area contributed by atoms with E-state index in [0.717, 1.165) is 12.8 Å². The maximum absolute atomic E-state index is 12.9. The molecule has 126 valence electrons. The van der Waals surface area contributed by atoms with Gasteiger partial charge in [0.2, 0.25) is 0 Å². The third kappa shape index (κ3) is 3.96. The van der Waals surface area contributed by atoms with Crippen LogP contribution < -0.4 is 5.43 Å². The summed E-state index contributed by atoms with van der Waals surface area (Å²) in [5.74, 6) is 0.321. The van der Waals surface area contributed by atoms with Crippen LogP contribution in [0.1, 0.15) is 34.8 Å². The van der Waals surface area contributed by atoms with Crippen LogP contribution >= 0.6 is 11.6 Å². The second-order valence-corrected chi connectivity index (χ2v) is 6.10. The molecule has 1 aliphatic heterocycles. The Morgan fingerprint density at radius 3 is 2.42 bits per heavy atom. The average molecular weight is 345 g/mol. The molecule has 5 heteroatoms. The van der Waals surface area contributed by atoms with E-state index in [-0.39, 0.29) is 18.2 Å². The molecule has 1 saturated heterocycles. The van der Waals surface area contributed by atoms with Gasteiger partial charge in [0.1, 0.15) is 6.23 Å². The Balaban J connectivity index is 1.80. The van der Waals surface area contributed by atoms with Gasteiger partial charge in [0.05, 0.1) is 12.6 Å². The van der Waals surface area contributed by atoms with Crippen LogP contribution in [-0.4, -0.2) is 29.6 Å². The Bertz CT molecular complexity index is 651. The fourth-order valence-electron chi connectivity index (χ4n) is 2.93. The summed E-state index contributed by atoms with van der Waals surface area (Å²) in [7, 11) is 0. The minimum absolute atomic E-state index is 0.0872. The summed E-state index contributed by atoms with van der Waals surface area (Å²) in [6, 6.07) is 19.5. The molecule has 0 aromatic heterocycles. The van der Waals surface area contributed by atoms with Crippen LogP contribution in [0.5, 0.6) is 0 Å². The van der Waals surface area contributed by atoms with E-state index in [2.05, 4.69) is 17.6 Å². The molecule has 2 aromatic carbocycles. The number of rotatable bonds is 5. The van der Waals surface area contributed by atoms with Crippen molar-refractivity contribution in [2.45, 2.75) is 25.1 Å². The SMILES string of the molecule is O=C(c1ccccc1)N1N[C@H](c2ccccc2)CC[C@H]1OCCCl. The normalized spacial score (nSPS) is 20.8. The highest BCUT2D eigenvalue weighted by molar-refractivity contribution is 6.17. The van der Waals surface area contributed by atoms with Crippen molar-refractivity contribution in [3.8, 4) is 0 Å². The molecule has 0 aliphatic carbocycles. The quantitative estimate of drug-likeness (QED) is 0.840. The number of halogens is 1. The van der Waals surface area contributed by atoms with Crippen LogP contribution in [0, 0.1) is 0 Å². The van der Waals surface area contributed by atoms with Gasteiger partial charge in [-0.15, -0.1) is 11.6 Å². The number of nitrogens with zero attached hydrogens (tertiary/aromatic N) is 1. The largest absolute Gasteiger partial charge is 0.356 e. The highest BCUT2D eigenvalue weighted by atomic mass is 35.5. The highest BCUT2D eigenvalue weighted by Crippen LogP contribution is 2.27. The molecule has 1 aliphatic rings. The average Bonchev–Trinajstić information content (AvgIpc) is 2.67. The van der Waals surface area contributed by atoms with Crippen LogP contribution in [0.2, 0.25) is 0 Å². The number of carbonyl (C=O) groups is 1. The molecule has 2 aromatic rings. The van der Waals surface area contributed by atoms with E-state index in [1.54, 1.807) is 5.01 Å². The zero-order valence-electron chi connectivity index (χ0n) is 13.4. The van der Waals surface area contributed by atoms with Gasteiger partial charge in [-0.1, -0.05) is 48.5 Å². The highest BCUT2D eigenvalue weighted by Gasteiger charge is 2.33. The molecule has 1 heterocycles. The Kier molecular flexibility index (Phi) is 5.86. The first-order valence-corrected chi connectivity index (χ1v) is 8.70. The summed E-state index contributed by atoms with van der Waals surface area (Å²) < 4.78 is 5.78. The Labute approximate surface area is 147 Å². The molecule has 0 saturated carbocycles. The smallest absolute Gasteiger partial charge is 0.270 e. The van der Waals surface area contributed by atoms with E-state index in [9.17, 15) is 4.79 Å². The lowest BCUT2D eigenvalue weighted by molar-refractivity contribution is -0.0920. The molecule has 1 N–H and O–H groups in total. The van der Waals surface area contributed by atoms with Gasteiger partial charge in [-0.2, -0.15) is 0 Å². The van der Waals surface area contributed by atoms with E-state index in [4.69, 9.17) is 16.3 Å². The van der Waals surface area contributed by atoms with Crippen LogP contribution in [0.15, 0.2) is 60.7 Å². The molecule has 4 nitrogen and oxygen atoms in total. The summed E-state index contributed by atoms with van der Waals surface area (Å²) in [5.41, 5.74) is 5.15. The predicted octanol–water partition coefficient (Wildman–Crippen LogP) is 3.75. The van der Waals surface area contributed by atoms with Gasteiger partial charge in [-0.25, -0.2) is 10.4 Å². The van der Waals surface area contributed by atoms with E-state index in [0.29, 0.717) is 18.1 Å². The second-order valence-electron chi connectivity index (χ2n) is 5.73. The van der Waals surface area contributed by atoms with Gasteiger partial charge in [-0.05, 0) is 30.5 Å². The Morgan fingerprint density at radius 1 is 1.08 bits per heavy atom. The summed E-state index contributed by atoms with van der Waals surface area (Å²) in [6.45, 7) is 0.419. The van der Waals surface area contributed by atoms with Gasteiger partial charge in [-0.3, -0.25) is 4.79 Å². The van der Waals surface area contributed by atoms with Crippen molar-refractivity contribution < 1.29 is 9.53 Å². The van der Waals surface area contributed by atoms with Crippen LogP contribution in [0.4, 0.5) is 0 Å². The van der Waals surface area contributed by atoms with Gasteiger partial charge < -0.3 is 4.74 Å². The van der Waals surface area contributed by atoms with Crippen molar-refractivity contribution in [2.24, 2.45) is 0 Å². The molecule has 0 spiro atoms. The fourth-order valence-corrected chi connectivity index (χ4v) is 3.02. The molecule has 1 fully saturated rings. The minimum atomic E-state index is -0.309. The lowest BCUT2D eigenvalue weighted by Gasteiger charge is -2.40.